The van der Waals surface area contributed by atoms with E-state index in [4.69, 9.17) is 4.74 Å². The van der Waals surface area contributed by atoms with Gasteiger partial charge in [0, 0.05) is 23.8 Å². The maximum Gasteiger partial charge on any atom is 0.339 e. The zero-order chi connectivity index (χ0) is 20.2. The Morgan fingerprint density at radius 1 is 0.750 bits per heavy atom. The minimum Gasteiger partial charge on any atom is -0.508 e. The van der Waals surface area contributed by atoms with E-state index in [0.29, 0.717) is 5.56 Å². The fourth-order valence-corrected chi connectivity index (χ4v) is 3.38. The maximum atomic E-state index is 12.1. The summed E-state index contributed by atoms with van der Waals surface area (Å²) >= 11 is 0. The minimum absolute atomic E-state index is 0.224. The lowest BCUT2D eigenvalue weighted by Gasteiger charge is -2.19. The third kappa shape index (κ3) is 2.43. The fourth-order valence-electron chi connectivity index (χ4n) is 3.38. The number of phenols is 6. The third-order valence-electron chi connectivity index (χ3n) is 4.58. The van der Waals surface area contributed by atoms with E-state index in [2.05, 4.69) is 0 Å². The van der Waals surface area contributed by atoms with Crippen LogP contribution < -0.4 is 0 Å². The van der Waals surface area contributed by atoms with Crippen LogP contribution in [-0.2, 0) is 4.74 Å². The molecule has 0 spiro atoms. The van der Waals surface area contributed by atoms with E-state index in [1.54, 1.807) is 18.2 Å². The molecule has 0 radical (unpaired) electrons. The first-order valence-electron chi connectivity index (χ1n) is 8.12. The molecule has 0 saturated heterocycles. The zero-order valence-electron chi connectivity index (χ0n) is 14.1. The second-order valence-electron chi connectivity index (χ2n) is 6.28. The molecule has 0 bridgehead atoms. The number of aromatic hydroxyl groups is 6. The molecule has 1 aliphatic rings. The van der Waals surface area contributed by atoms with E-state index in [9.17, 15) is 35.4 Å². The summed E-state index contributed by atoms with van der Waals surface area (Å²) in [6.07, 6.45) is -1.16. The highest BCUT2D eigenvalue weighted by atomic mass is 16.5. The summed E-state index contributed by atoms with van der Waals surface area (Å²) in [6, 6.07) is 9.12. The van der Waals surface area contributed by atoms with Gasteiger partial charge in [-0.15, -0.1) is 0 Å². The van der Waals surface area contributed by atoms with Gasteiger partial charge in [-0.3, -0.25) is 0 Å². The van der Waals surface area contributed by atoms with Crippen LogP contribution in [-0.4, -0.2) is 36.6 Å². The molecule has 0 fully saturated rings. The molecule has 0 aliphatic carbocycles. The van der Waals surface area contributed by atoms with E-state index in [1.165, 1.54) is 6.07 Å². The van der Waals surface area contributed by atoms with Crippen LogP contribution in [0.5, 0.6) is 34.5 Å². The fraction of sp³-hybridized carbons (Fsp3) is 0.0500. The Morgan fingerprint density at radius 3 is 2.04 bits per heavy atom. The Kier molecular flexibility index (Phi) is 3.71. The number of fused-ring (bicyclic) bond motifs is 1. The molecule has 4 rings (SSSR count). The quantitative estimate of drug-likeness (QED) is 0.371. The van der Waals surface area contributed by atoms with Crippen molar-refractivity contribution in [3.8, 4) is 45.6 Å². The van der Waals surface area contributed by atoms with Crippen molar-refractivity contribution in [1.29, 1.82) is 0 Å². The van der Waals surface area contributed by atoms with Crippen LogP contribution in [0.3, 0.4) is 0 Å². The number of benzene rings is 3. The lowest BCUT2D eigenvalue weighted by Crippen LogP contribution is -2.03. The Balaban J connectivity index is 1.98. The van der Waals surface area contributed by atoms with Crippen molar-refractivity contribution in [3.63, 3.8) is 0 Å². The van der Waals surface area contributed by atoms with E-state index >= 15 is 0 Å². The van der Waals surface area contributed by atoms with Crippen LogP contribution in [0.25, 0.3) is 11.1 Å². The average Bonchev–Trinajstić information content (AvgIpc) is 2.94. The average molecular weight is 382 g/mol. The number of carbonyl (C=O) groups is 1. The first kappa shape index (κ1) is 17.3. The van der Waals surface area contributed by atoms with Crippen molar-refractivity contribution >= 4 is 5.97 Å². The molecular weight excluding hydrogens is 368 g/mol. The topological polar surface area (TPSA) is 148 Å². The van der Waals surface area contributed by atoms with Crippen LogP contribution in [0.2, 0.25) is 0 Å². The second-order valence-corrected chi connectivity index (χ2v) is 6.28. The molecule has 0 aromatic heterocycles. The largest absolute Gasteiger partial charge is 0.508 e. The molecule has 1 aliphatic heterocycles. The number of hydrogen-bond donors (Lipinski definition) is 6. The Bertz CT molecular complexity index is 1110. The third-order valence-corrected chi connectivity index (χ3v) is 4.58. The van der Waals surface area contributed by atoms with Gasteiger partial charge in [-0.2, -0.15) is 0 Å². The predicted molar refractivity (Wildman–Crippen MR) is 95.6 cm³/mol. The molecule has 8 heteroatoms. The summed E-state index contributed by atoms with van der Waals surface area (Å²) in [5.41, 5.74) is -0.335. The van der Waals surface area contributed by atoms with Crippen LogP contribution in [0, 0.1) is 0 Å². The summed E-state index contributed by atoms with van der Waals surface area (Å²) in [5.74, 6) is -4.23. The van der Waals surface area contributed by atoms with Gasteiger partial charge in [-0.1, -0.05) is 18.2 Å². The number of cyclic esters (lactones) is 1. The summed E-state index contributed by atoms with van der Waals surface area (Å²) in [6.45, 7) is 0. The zero-order valence-corrected chi connectivity index (χ0v) is 14.1. The van der Waals surface area contributed by atoms with E-state index in [-0.39, 0.29) is 16.7 Å². The van der Waals surface area contributed by atoms with Gasteiger partial charge >= 0.3 is 5.97 Å². The molecule has 8 nitrogen and oxygen atoms in total. The van der Waals surface area contributed by atoms with Crippen molar-refractivity contribution in [3.05, 3.63) is 59.2 Å². The Labute approximate surface area is 157 Å². The van der Waals surface area contributed by atoms with Gasteiger partial charge in [-0.05, 0) is 6.07 Å². The lowest BCUT2D eigenvalue weighted by molar-refractivity contribution is 0.0450. The normalized spacial score (nSPS) is 15.3. The molecule has 1 atom stereocenters. The Morgan fingerprint density at radius 2 is 1.36 bits per heavy atom. The first-order valence-corrected chi connectivity index (χ1v) is 8.12. The minimum atomic E-state index is -1.16. The second kappa shape index (κ2) is 5.98. The van der Waals surface area contributed by atoms with Crippen LogP contribution in [0.1, 0.15) is 27.6 Å². The summed E-state index contributed by atoms with van der Waals surface area (Å²) in [7, 11) is 0. The van der Waals surface area contributed by atoms with Gasteiger partial charge in [0.2, 0.25) is 0 Å². The Hall–Kier alpha value is -4.07. The maximum absolute atomic E-state index is 12.1. The molecule has 1 unspecified atom stereocenters. The van der Waals surface area contributed by atoms with Gasteiger partial charge in [0.1, 0.15) is 34.5 Å². The standard InChI is InChI=1S/C20H14O8/c21-8-5-11(22)15(12(23)6-8)16-13(24)7-14(25)17(18(16)26)19-9-3-1-2-4-10(9)20(27)28-19/h1-7,19,21-26H. The van der Waals surface area contributed by atoms with E-state index in [0.717, 1.165) is 18.2 Å². The number of carbonyl (C=O) groups excluding carboxylic acids is 1. The number of ether oxygens (including phenoxy) is 1. The van der Waals surface area contributed by atoms with Crippen molar-refractivity contribution in [2.45, 2.75) is 6.10 Å². The van der Waals surface area contributed by atoms with E-state index in [1.807, 2.05) is 0 Å². The van der Waals surface area contributed by atoms with Crippen molar-refractivity contribution in [2.24, 2.45) is 0 Å². The SMILES string of the molecule is O=C1OC(c2c(O)cc(O)c(-c3c(O)cc(O)cc3O)c2O)c2ccccc21. The molecule has 6 N–H and O–H groups in total. The lowest BCUT2D eigenvalue weighted by atomic mass is 9.92. The summed E-state index contributed by atoms with van der Waals surface area (Å²) < 4.78 is 5.28. The van der Waals surface area contributed by atoms with Gasteiger partial charge < -0.3 is 35.4 Å². The molecule has 3 aromatic rings. The van der Waals surface area contributed by atoms with Crippen LogP contribution >= 0.6 is 0 Å². The summed E-state index contributed by atoms with van der Waals surface area (Å²) in [4.78, 5) is 12.1. The van der Waals surface area contributed by atoms with Gasteiger partial charge in [0.05, 0.1) is 22.3 Å². The molecule has 3 aromatic carbocycles. The molecule has 28 heavy (non-hydrogen) atoms. The summed E-state index contributed by atoms with van der Waals surface area (Å²) in [5, 5.41) is 61.1. The van der Waals surface area contributed by atoms with Crippen molar-refractivity contribution in [2.75, 3.05) is 0 Å². The number of rotatable bonds is 2. The first-order chi connectivity index (χ1) is 13.3. The predicted octanol–water partition coefficient (Wildman–Crippen LogP) is 2.85. The van der Waals surface area contributed by atoms with Crippen molar-refractivity contribution in [1.82, 2.24) is 0 Å². The number of phenolic OH excluding ortho intramolecular Hbond substituents is 6. The number of esters is 1. The highest BCUT2D eigenvalue weighted by Gasteiger charge is 2.37. The van der Waals surface area contributed by atoms with Crippen LogP contribution in [0.15, 0.2) is 42.5 Å². The molecule has 0 amide bonds. The molecule has 142 valence electrons. The van der Waals surface area contributed by atoms with Crippen LogP contribution in [0.4, 0.5) is 0 Å². The molecule has 1 heterocycles. The highest BCUT2D eigenvalue weighted by Crippen LogP contribution is 2.54. The van der Waals surface area contributed by atoms with Crippen molar-refractivity contribution < 1.29 is 40.2 Å². The smallest absolute Gasteiger partial charge is 0.339 e. The molecule has 0 saturated carbocycles. The van der Waals surface area contributed by atoms with Gasteiger partial charge in [0.15, 0.2) is 6.10 Å². The van der Waals surface area contributed by atoms with Gasteiger partial charge in [-0.25, -0.2) is 4.79 Å². The van der Waals surface area contributed by atoms with Gasteiger partial charge in [0.25, 0.3) is 0 Å². The molecular formula is C20H14O8. The highest BCUT2D eigenvalue weighted by molar-refractivity contribution is 5.95. The number of hydrogen-bond acceptors (Lipinski definition) is 8. The van der Waals surface area contributed by atoms with E-state index < -0.39 is 52.1 Å². The monoisotopic (exact) mass is 382 g/mol.